The first kappa shape index (κ1) is 11.4. The van der Waals surface area contributed by atoms with E-state index in [1.807, 2.05) is 13.1 Å². The number of nitrogens with zero attached hydrogens (tertiary/aromatic N) is 3. The standard InChI is InChI=1S/C12H8FN3S2/c1-7-6-16-10(8-4-2-3-5-9(8)13)14-11(17)15-12(16)18-7/h2-6H,1H3. The van der Waals surface area contributed by atoms with Crippen LogP contribution in [0.4, 0.5) is 4.39 Å². The predicted molar refractivity (Wildman–Crippen MR) is 71.8 cm³/mol. The molecule has 6 heteroatoms. The monoisotopic (exact) mass is 277 g/mol. The molecule has 18 heavy (non-hydrogen) atoms. The Morgan fingerprint density at radius 1 is 1.28 bits per heavy atom. The number of aromatic nitrogens is 3. The number of aryl methyl sites for hydroxylation is 1. The number of fused-ring (bicyclic) bond motifs is 1. The van der Waals surface area contributed by atoms with Crippen LogP contribution in [0, 0.1) is 17.5 Å². The minimum atomic E-state index is -0.316. The lowest BCUT2D eigenvalue weighted by molar-refractivity contribution is 0.629. The van der Waals surface area contributed by atoms with Crippen molar-refractivity contribution in [2.75, 3.05) is 0 Å². The topological polar surface area (TPSA) is 30.2 Å². The van der Waals surface area contributed by atoms with Crippen LogP contribution in [0.25, 0.3) is 16.3 Å². The fourth-order valence-electron chi connectivity index (χ4n) is 1.77. The zero-order chi connectivity index (χ0) is 12.7. The van der Waals surface area contributed by atoms with Gasteiger partial charge in [0.1, 0.15) is 5.82 Å². The van der Waals surface area contributed by atoms with E-state index in [0.29, 0.717) is 11.4 Å². The summed E-state index contributed by atoms with van der Waals surface area (Å²) in [6.07, 6.45) is 1.89. The summed E-state index contributed by atoms with van der Waals surface area (Å²) in [5.74, 6) is 0.177. The Hall–Kier alpha value is -1.66. The molecule has 3 aromatic rings. The molecule has 0 saturated carbocycles. The summed E-state index contributed by atoms with van der Waals surface area (Å²) in [5.41, 5.74) is 0.429. The Morgan fingerprint density at radius 2 is 2.06 bits per heavy atom. The minimum absolute atomic E-state index is 0.232. The van der Waals surface area contributed by atoms with E-state index in [9.17, 15) is 4.39 Å². The normalized spacial score (nSPS) is 11.0. The molecule has 0 radical (unpaired) electrons. The summed E-state index contributed by atoms with van der Waals surface area (Å²) in [7, 11) is 0. The highest BCUT2D eigenvalue weighted by Crippen LogP contribution is 2.24. The van der Waals surface area contributed by atoms with Crippen molar-refractivity contribution in [2.45, 2.75) is 6.92 Å². The van der Waals surface area contributed by atoms with Crippen molar-refractivity contribution in [2.24, 2.45) is 0 Å². The maximum Gasteiger partial charge on any atom is 0.223 e. The van der Waals surface area contributed by atoms with Gasteiger partial charge in [-0.05, 0) is 31.3 Å². The lowest BCUT2D eigenvalue weighted by Crippen LogP contribution is -1.99. The van der Waals surface area contributed by atoms with Gasteiger partial charge in [0.05, 0.1) is 5.56 Å². The summed E-state index contributed by atoms with van der Waals surface area (Å²) in [6.45, 7) is 1.97. The molecule has 0 N–H and O–H groups in total. The highest BCUT2D eigenvalue weighted by molar-refractivity contribution is 7.71. The molecule has 0 fully saturated rings. The van der Waals surface area contributed by atoms with Crippen LogP contribution in [0.15, 0.2) is 30.5 Å². The van der Waals surface area contributed by atoms with Crippen LogP contribution in [-0.2, 0) is 0 Å². The summed E-state index contributed by atoms with van der Waals surface area (Å²) >= 11 is 6.53. The maximum atomic E-state index is 13.8. The third-order valence-electron chi connectivity index (χ3n) is 2.51. The van der Waals surface area contributed by atoms with Crippen molar-refractivity contribution in [1.82, 2.24) is 14.4 Å². The number of rotatable bonds is 1. The van der Waals surface area contributed by atoms with Gasteiger partial charge in [-0.2, -0.15) is 9.97 Å². The predicted octanol–water partition coefficient (Wildman–Crippen LogP) is 3.63. The molecular weight excluding hydrogens is 269 g/mol. The number of hydrogen-bond acceptors (Lipinski definition) is 4. The minimum Gasteiger partial charge on any atom is -0.275 e. The molecule has 0 amide bonds. The largest absolute Gasteiger partial charge is 0.275 e. The zero-order valence-electron chi connectivity index (χ0n) is 9.42. The lowest BCUT2D eigenvalue weighted by atomic mass is 10.2. The van der Waals surface area contributed by atoms with Gasteiger partial charge >= 0.3 is 0 Å². The zero-order valence-corrected chi connectivity index (χ0v) is 11.1. The first-order chi connectivity index (χ1) is 8.65. The molecule has 0 unspecified atom stereocenters. The van der Waals surface area contributed by atoms with Gasteiger partial charge in [0, 0.05) is 11.1 Å². The van der Waals surface area contributed by atoms with Crippen LogP contribution in [0.1, 0.15) is 4.88 Å². The fraction of sp³-hybridized carbons (Fsp3) is 0.0833. The number of halogens is 1. The van der Waals surface area contributed by atoms with E-state index < -0.39 is 0 Å². The molecule has 1 aromatic carbocycles. The van der Waals surface area contributed by atoms with Crippen molar-refractivity contribution in [3.8, 4) is 11.4 Å². The summed E-state index contributed by atoms with van der Waals surface area (Å²) < 4.78 is 15.8. The Kier molecular flexibility index (Phi) is 2.68. The van der Waals surface area contributed by atoms with E-state index in [0.717, 1.165) is 9.84 Å². The van der Waals surface area contributed by atoms with Crippen LogP contribution in [0.2, 0.25) is 0 Å². The van der Waals surface area contributed by atoms with Gasteiger partial charge in [0.2, 0.25) is 4.77 Å². The molecule has 0 aliphatic carbocycles. The van der Waals surface area contributed by atoms with Crippen molar-refractivity contribution in [3.63, 3.8) is 0 Å². The van der Waals surface area contributed by atoms with Crippen LogP contribution >= 0.6 is 23.6 Å². The van der Waals surface area contributed by atoms with Gasteiger partial charge in [-0.25, -0.2) is 4.39 Å². The van der Waals surface area contributed by atoms with Crippen LogP contribution < -0.4 is 0 Å². The number of hydrogen-bond donors (Lipinski definition) is 0. The third kappa shape index (κ3) is 1.83. The van der Waals surface area contributed by atoms with Crippen molar-refractivity contribution < 1.29 is 4.39 Å². The molecule has 3 rings (SSSR count). The van der Waals surface area contributed by atoms with E-state index in [-0.39, 0.29) is 10.6 Å². The first-order valence-electron chi connectivity index (χ1n) is 5.27. The highest BCUT2D eigenvalue weighted by Gasteiger charge is 2.11. The quantitative estimate of drug-likeness (QED) is 0.636. The van der Waals surface area contributed by atoms with E-state index in [1.54, 1.807) is 22.6 Å². The molecule has 0 atom stereocenters. The highest BCUT2D eigenvalue weighted by atomic mass is 32.1. The maximum absolute atomic E-state index is 13.8. The van der Waals surface area contributed by atoms with Crippen molar-refractivity contribution in [3.05, 3.63) is 45.9 Å². The molecule has 90 valence electrons. The van der Waals surface area contributed by atoms with E-state index >= 15 is 0 Å². The molecule has 0 aliphatic heterocycles. The molecule has 2 heterocycles. The van der Waals surface area contributed by atoms with E-state index in [2.05, 4.69) is 9.97 Å². The van der Waals surface area contributed by atoms with Crippen molar-refractivity contribution >= 4 is 28.5 Å². The van der Waals surface area contributed by atoms with E-state index in [1.165, 1.54) is 17.4 Å². The first-order valence-corrected chi connectivity index (χ1v) is 6.49. The van der Waals surface area contributed by atoms with Gasteiger partial charge in [-0.1, -0.05) is 12.1 Å². The average Bonchev–Trinajstić information content (AvgIpc) is 2.69. The second-order valence-electron chi connectivity index (χ2n) is 3.80. The van der Waals surface area contributed by atoms with Crippen LogP contribution in [0.5, 0.6) is 0 Å². The van der Waals surface area contributed by atoms with Gasteiger partial charge in [-0.15, -0.1) is 11.3 Å². The molecule has 0 bridgehead atoms. The number of benzene rings is 1. The second-order valence-corrected chi connectivity index (χ2v) is 5.38. The summed E-state index contributed by atoms with van der Waals surface area (Å²) in [5, 5.41) is 0. The Bertz CT molecular complexity index is 791. The van der Waals surface area contributed by atoms with Gasteiger partial charge in [0.15, 0.2) is 10.8 Å². The van der Waals surface area contributed by atoms with Crippen LogP contribution in [-0.4, -0.2) is 14.4 Å². The average molecular weight is 277 g/mol. The van der Waals surface area contributed by atoms with E-state index in [4.69, 9.17) is 12.2 Å². The Labute approximate surface area is 112 Å². The molecular formula is C12H8FN3S2. The Balaban J connectivity index is 2.42. The third-order valence-corrected chi connectivity index (χ3v) is 3.59. The Morgan fingerprint density at radius 3 is 2.83 bits per heavy atom. The van der Waals surface area contributed by atoms with Gasteiger partial charge < -0.3 is 0 Å². The SMILES string of the molecule is Cc1cn2c(-c3ccccc3F)nc(=S)nc2s1. The lowest BCUT2D eigenvalue weighted by Gasteiger charge is -2.04. The molecule has 0 aliphatic rings. The second kappa shape index (κ2) is 4.22. The molecule has 2 aromatic heterocycles. The summed E-state index contributed by atoms with van der Waals surface area (Å²) in [6, 6.07) is 6.52. The molecule has 3 nitrogen and oxygen atoms in total. The smallest absolute Gasteiger partial charge is 0.223 e. The summed E-state index contributed by atoms with van der Waals surface area (Å²) in [4.78, 5) is 10.2. The van der Waals surface area contributed by atoms with Crippen molar-refractivity contribution in [1.29, 1.82) is 0 Å². The van der Waals surface area contributed by atoms with Gasteiger partial charge in [0.25, 0.3) is 0 Å². The molecule has 0 spiro atoms. The van der Waals surface area contributed by atoms with Crippen LogP contribution in [0.3, 0.4) is 0 Å². The van der Waals surface area contributed by atoms with Gasteiger partial charge in [-0.3, -0.25) is 4.40 Å². The molecule has 0 saturated heterocycles. The fourth-order valence-corrected chi connectivity index (χ4v) is 2.82. The number of thiazole rings is 1.